The van der Waals surface area contributed by atoms with Crippen molar-refractivity contribution in [2.45, 2.75) is 13.8 Å². The van der Waals surface area contributed by atoms with Crippen molar-refractivity contribution in [1.29, 1.82) is 0 Å². The van der Waals surface area contributed by atoms with Gasteiger partial charge in [-0.3, -0.25) is 9.78 Å². The number of aromatic amines is 1. The Morgan fingerprint density at radius 3 is 2.76 bits per heavy atom. The zero-order valence-corrected chi connectivity index (χ0v) is 9.94. The molecular formula is C12H13N3O2. The molecule has 2 aromatic rings. The van der Waals surface area contributed by atoms with Crippen molar-refractivity contribution in [3.63, 3.8) is 0 Å². The van der Waals surface area contributed by atoms with E-state index in [-0.39, 0.29) is 11.3 Å². The van der Waals surface area contributed by atoms with Gasteiger partial charge in [0.25, 0.3) is 5.56 Å². The summed E-state index contributed by atoms with van der Waals surface area (Å²) >= 11 is 0. The second-order valence-corrected chi connectivity index (χ2v) is 3.68. The van der Waals surface area contributed by atoms with Crippen LogP contribution < -0.4 is 10.3 Å². The molecule has 0 aliphatic rings. The number of aromatic nitrogens is 3. The highest BCUT2D eigenvalue weighted by Crippen LogP contribution is 2.23. The van der Waals surface area contributed by atoms with Crippen molar-refractivity contribution in [2.75, 3.05) is 7.11 Å². The monoisotopic (exact) mass is 231 g/mol. The molecule has 0 atom stereocenters. The quantitative estimate of drug-likeness (QED) is 0.849. The van der Waals surface area contributed by atoms with Crippen LogP contribution in [0.15, 0.2) is 23.1 Å². The van der Waals surface area contributed by atoms with Gasteiger partial charge >= 0.3 is 0 Å². The first-order valence-corrected chi connectivity index (χ1v) is 5.20. The van der Waals surface area contributed by atoms with E-state index in [9.17, 15) is 4.79 Å². The van der Waals surface area contributed by atoms with Gasteiger partial charge in [0.1, 0.15) is 11.4 Å². The van der Waals surface area contributed by atoms with E-state index in [1.54, 1.807) is 18.3 Å². The maximum Gasteiger partial charge on any atom is 0.276 e. The van der Waals surface area contributed by atoms with Crippen molar-refractivity contribution in [1.82, 2.24) is 15.0 Å². The molecule has 0 aliphatic heterocycles. The molecule has 0 fully saturated rings. The molecule has 0 bridgehead atoms. The number of hydrogen-bond donors (Lipinski definition) is 1. The van der Waals surface area contributed by atoms with Gasteiger partial charge in [0.2, 0.25) is 0 Å². The summed E-state index contributed by atoms with van der Waals surface area (Å²) in [5, 5.41) is 0. The van der Waals surface area contributed by atoms with E-state index in [2.05, 4.69) is 15.0 Å². The number of hydrogen-bond acceptors (Lipinski definition) is 4. The Balaban J connectivity index is 2.69. The lowest BCUT2D eigenvalue weighted by molar-refractivity contribution is 0.414. The Labute approximate surface area is 98.5 Å². The Hall–Kier alpha value is -2.17. The first-order chi connectivity index (χ1) is 8.13. The number of pyridine rings is 1. The van der Waals surface area contributed by atoms with Crippen LogP contribution in [0.4, 0.5) is 0 Å². The van der Waals surface area contributed by atoms with Gasteiger partial charge in [0.15, 0.2) is 5.69 Å². The Morgan fingerprint density at radius 2 is 2.06 bits per heavy atom. The highest BCUT2D eigenvalue weighted by Gasteiger charge is 2.13. The average molecular weight is 231 g/mol. The number of nitrogens with one attached hydrogen (secondary N) is 1. The Bertz CT molecular complexity index is 605. The minimum atomic E-state index is -0.259. The van der Waals surface area contributed by atoms with Crippen LogP contribution in [0.5, 0.6) is 5.75 Å². The molecule has 2 rings (SSSR count). The van der Waals surface area contributed by atoms with E-state index in [4.69, 9.17) is 4.74 Å². The number of rotatable bonds is 2. The van der Waals surface area contributed by atoms with Crippen molar-refractivity contribution < 1.29 is 4.74 Å². The van der Waals surface area contributed by atoms with Crippen LogP contribution in [-0.4, -0.2) is 22.1 Å². The fourth-order valence-corrected chi connectivity index (χ4v) is 1.52. The molecule has 0 saturated heterocycles. The van der Waals surface area contributed by atoms with Crippen molar-refractivity contribution in [3.8, 4) is 17.1 Å². The normalized spacial score (nSPS) is 10.3. The minimum absolute atomic E-state index is 0.259. The third-order valence-corrected chi connectivity index (χ3v) is 2.55. The minimum Gasteiger partial charge on any atom is -0.494 e. The highest BCUT2D eigenvalue weighted by atomic mass is 16.5. The molecule has 0 aliphatic carbocycles. The predicted molar refractivity (Wildman–Crippen MR) is 64.1 cm³/mol. The van der Waals surface area contributed by atoms with Crippen molar-refractivity contribution >= 4 is 0 Å². The SMILES string of the molecule is COc1cccnc1-c1nc(C)c(C)[nH]c1=O. The molecule has 0 amide bonds. The molecule has 17 heavy (non-hydrogen) atoms. The molecule has 0 radical (unpaired) electrons. The maximum atomic E-state index is 11.8. The van der Waals surface area contributed by atoms with Crippen LogP contribution in [0.1, 0.15) is 11.4 Å². The molecule has 0 saturated carbocycles. The van der Waals surface area contributed by atoms with Crippen LogP contribution in [0.2, 0.25) is 0 Å². The van der Waals surface area contributed by atoms with Gasteiger partial charge < -0.3 is 9.72 Å². The molecule has 1 N–H and O–H groups in total. The van der Waals surface area contributed by atoms with E-state index in [0.29, 0.717) is 11.4 Å². The number of nitrogens with zero attached hydrogens (tertiary/aromatic N) is 2. The summed E-state index contributed by atoms with van der Waals surface area (Å²) < 4.78 is 5.17. The van der Waals surface area contributed by atoms with Crippen LogP contribution in [0.3, 0.4) is 0 Å². The van der Waals surface area contributed by atoms with Gasteiger partial charge in [0.05, 0.1) is 12.8 Å². The van der Waals surface area contributed by atoms with E-state index in [0.717, 1.165) is 11.4 Å². The largest absolute Gasteiger partial charge is 0.494 e. The highest BCUT2D eigenvalue weighted by molar-refractivity contribution is 5.61. The smallest absolute Gasteiger partial charge is 0.276 e. The lowest BCUT2D eigenvalue weighted by Crippen LogP contribution is -2.15. The third kappa shape index (κ3) is 2.04. The summed E-state index contributed by atoms with van der Waals surface area (Å²) in [6.07, 6.45) is 1.61. The molecule has 0 aromatic carbocycles. The Morgan fingerprint density at radius 1 is 1.29 bits per heavy atom. The van der Waals surface area contributed by atoms with Crippen molar-refractivity contribution in [3.05, 3.63) is 40.1 Å². The number of aryl methyl sites for hydroxylation is 2. The number of H-pyrrole nitrogens is 1. The van der Waals surface area contributed by atoms with Crippen molar-refractivity contribution in [2.24, 2.45) is 0 Å². The third-order valence-electron chi connectivity index (χ3n) is 2.55. The predicted octanol–water partition coefficient (Wildman–Crippen LogP) is 1.46. The van der Waals surface area contributed by atoms with Crippen LogP contribution >= 0.6 is 0 Å². The van der Waals surface area contributed by atoms with Gasteiger partial charge in [-0.25, -0.2) is 4.98 Å². The van der Waals surface area contributed by atoms with Crippen LogP contribution in [0, 0.1) is 13.8 Å². The number of methoxy groups -OCH3 is 1. The van der Waals surface area contributed by atoms with Crippen LogP contribution in [-0.2, 0) is 0 Å². The second-order valence-electron chi connectivity index (χ2n) is 3.68. The van der Waals surface area contributed by atoms with E-state index >= 15 is 0 Å². The van der Waals surface area contributed by atoms with Gasteiger partial charge in [-0.2, -0.15) is 0 Å². The summed E-state index contributed by atoms with van der Waals surface area (Å²) in [7, 11) is 1.54. The molecule has 0 spiro atoms. The zero-order valence-electron chi connectivity index (χ0n) is 9.94. The summed E-state index contributed by atoms with van der Waals surface area (Å²) in [4.78, 5) is 23.0. The summed E-state index contributed by atoms with van der Waals surface area (Å²) in [5.41, 5.74) is 2.01. The fourth-order valence-electron chi connectivity index (χ4n) is 1.52. The fraction of sp³-hybridized carbons (Fsp3) is 0.250. The Kier molecular flexibility index (Phi) is 2.91. The molecular weight excluding hydrogens is 218 g/mol. The topological polar surface area (TPSA) is 67.9 Å². The van der Waals surface area contributed by atoms with Gasteiger partial charge in [-0.1, -0.05) is 0 Å². The molecule has 88 valence electrons. The summed E-state index contributed by atoms with van der Waals surface area (Å²) in [6, 6.07) is 3.50. The van der Waals surface area contributed by atoms with Gasteiger partial charge in [-0.15, -0.1) is 0 Å². The molecule has 5 heteroatoms. The lowest BCUT2D eigenvalue weighted by Gasteiger charge is -2.07. The molecule has 2 aromatic heterocycles. The standard InChI is InChI=1S/C12H13N3O2/c1-7-8(2)15-12(16)11(14-7)10-9(17-3)5-4-6-13-10/h4-6H,1-3H3,(H,15,16). The van der Waals surface area contributed by atoms with E-state index in [1.807, 2.05) is 13.8 Å². The summed E-state index contributed by atoms with van der Waals surface area (Å²) in [6.45, 7) is 3.65. The lowest BCUT2D eigenvalue weighted by atomic mass is 10.2. The average Bonchev–Trinajstić information content (AvgIpc) is 2.34. The first-order valence-electron chi connectivity index (χ1n) is 5.20. The number of ether oxygens (including phenoxy) is 1. The summed E-state index contributed by atoms with van der Waals surface area (Å²) in [5.74, 6) is 0.536. The van der Waals surface area contributed by atoms with Gasteiger partial charge in [0, 0.05) is 11.9 Å². The molecule has 0 unspecified atom stereocenters. The van der Waals surface area contributed by atoms with Crippen LogP contribution in [0.25, 0.3) is 11.4 Å². The maximum absolute atomic E-state index is 11.8. The second kappa shape index (κ2) is 4.37. The van der Waals surface area contributed by atoms with Gasteiger partial charge in [-0.05, 0) is 26.0 Å². The first kappa shape index (κ1) is 11.3. The van der Waals surface area contributed by atoms with E-state index in [1.165, 1.54) is 7.11 Å². The molecule has 5 nitrogen and oxygen atoms in total. The molecule has 2 heterocycles. The van der Waals surface area contributed by atoms with E-state index < -0.39 is 0 Å². The zero-order chi connectivity index (χ0) is 12.4.